The zero-order valence-corrected chi connectivity index (χ0v) is 8.72. The van der Waals surface area contributed by atoms with Crippen LogP contribution in [-0.2, 0) is 0 Å². The molecule has 0 bridgehead atoms. The van der Waals surface area contributed by atoms with Gasteiger partial charge < -0.3 is 5.41 Å². The Bertz CT molecular complexity index is 122. The van der Waals surface area contributed by atoms with Gasteiger partial charge in [-0.2, -0.15) is 0 Å². The van der Waals surface area contributed by atoms with E-state index in [2.05, 4.69) is 13.2 Å². The van der Waals surface area contributed by atoms with E-state index < -0.39 is 0 Å². The minimum atomic E-state index is 0.778. The van der Waals surface area contributed by atoms with Gasteiger partial charge in [-0.3, -0.25) is 0 Å². The number of rotatable bonds is 3. The molecule has 0 aromatic carbocycles. The predicted molar refractivity (Wildman–Crippen MR) is 60.0 cm³/mol. The van der Waals surface area contributed by atoms with Crippen LogP contribution in [0, 0.1) is 5.41 Å². The Hall–Kier alpha value is -1.11. The summed E-state index contributed by atoms with van der Waals surface area (Å²) in [6.07, 6.45) is 6.19. The van der Waals surface area contributed by atoms with E-state index in [0.717, 1.165) is 5.57 Å². The highest BCUT2D eigenvalue weighted by Crippen LogP contribution is 1.88. The van der Waals surface area contributed by atoms with Gasteiger partial charge in [0.2, 0.25) is 0 Å². The van der Waals surface area contributed by atoms with Gasteiger partial charge in [-0.05, 0) is 5.57 Å². The van der Waals surface area contributed by atoms with Crippen molar-refractivity contribution in [2.75, 3.05) is 0 Å². The molecule has 0 atom stereocenters. The molecule has 0 amide bonds. The molecule has 0 saturated heterocycles. The van der Waals surface area contributed by atoms with Crippen LogP contribution in [0.3, 0.4) is 0 Å². The first kappa shape index (κ1) is 17.1. The SMILES string of the molecule is C=C/C=C(\C=C)C=N.CC.CC. The monoisotopic (exact) mass is 167 g/mol. The third kappa shape index (κ3) is 16.0. The van der Waals surface area contributed by atoms with Gasteiger partial charge in [-0.25, -0.2) is 0 Å². The van der Waals surface area contributed by atoms with Crippen LogP contribution in [0.2, 0.25) is 0 Å². The third-order valence-electron chi connectivity index (χ3n) is 0.713. The molecule has 0 spiro atoms. The summed E-state index contributed by atoms with van der Waals surface area (Å²) in [6.45, 7) is 15.0. The fourth-order valence-corrected chi connectivity index (χ4v) is 0.311. The second-order valence-corrected chi connectivity index (χ2v) is 1.25. The number of allylic oxidation sites excluding steroid dienone is 4. The molecule has 0 fully saturated rings. The second kappa shape index (κ2) is 22.5. The topological polar surface area (TPSA) is 23.9 Å². The van der Waals surface area contributed by atoms with Crippen molar-refractivity contribution in [3.63, 3.8) is 0 Å². The molecule has 0 heterocycles. The number of nitrogens with one attached hydrogen (secondary N) is 1. The molecule has 0 aliphatic rings. The summed E-state index contributed by atoms with van der Waals surface area (Å²) in [5.41, 5.74) is 0.778. The maximum atomic E-state index is 6.75. The molecule has 0 aromatic heterocycles. The van der Waals surface area contributed by atoms with Crippen LogP contribution in [0.25, 0.3) is 0 Å². The molecule has 0 aliphatic heterocycles. The molecular formula is C11H21N. The van der Waals surface area contributed by atoms with Gasteiger partial charge in [0.15, 0.2) is 0 Å². The van der Waals surface area contributed by atoms with E-state index in [0.29, 0.717) is 0 Å². The standard InChI is InChI=1S/C7H9N.2C2H6/c1-3-5-7(4-2)6-8;2*1-2/h3-6,8H,1-2H2;2*1-2H3/b7-5+,8-6?;;. The lowest BCUT2D eigenvalue weighted by molar-refractivity contribution is 1.50. The van der Waals surface area contributed by atoms with Gasteiger partial charge >= 0.3 is 0 Å². The van der Waals surface area contributed by atoms with E-state index in [-0.39, 0.29) is 0 Å². The van der Waals surface area contributed by atoms with Crippen molar-refractivity contribution in [2.45, 2.75) is 27.7 Å². The normalized spacial score (nSPS) is 7.83. The zero-order chi connectivity index (χ0) is 10.4. The summed E-state index contributed by atoms with van der Waals surface area (Å²) >= 11 is 0. The Kier molecular flexibility index (Phi) is 32.1. The molecule has 0 aliphatic carbocycles. The summed E-state index contributed by atoms with van der Waals surface area (Å²) in [7, 11) is 0. The van der Waals surface area contributed by atoms with E-state index in [1.807, 2.05) is 27.7 Å². The zero-order valence-electron chi connectivity index (χ0n) is 8.72. The molecule has 0 saturated carbocycles. The van der Waals surface area contributed by atoms with Crippen LogP contribution in [0.1, 0.15) is 27.7 Å². The molecular weight excluding hydrogens is 146 g/mol. The lowest BCUT2D eigenvalue weighted by Crippen LogP contribution is -1.72. The van der Waals surface area contributed by atoms with Gasteiger partial charge in [-0.15, -0.1) is 0 Å². The Morgan fingerprint density at radius 1 is 1.08 bits per heavy atom. The largest absolute Gasteiger partial charge is 0.308 e. The van der Waals surface area contributed by atoms with Crippen LogP contribution in [0.5, 0.6) is 0 Å². The average molecular weight is 167 g/mol. The maximum absolute atomic E-state index is 6.75. The maximum Gasteiger partial charge on any atom is 0.0250 e. The Morgan fingerprint density at radius 3 is 1.58 bits per heavy atom. The fraction of sp³-hybridized carbons (Fsp3) is 0.364. The van der Waals surface area contributed by atoms with Gasteiger partial charge in [0, 0.05) is 6.21 Å². The molecule has 0 radical (unpaired) electrons. The van der Waals surface area contributed by atoms with Crippen molar-refractivity contribution in [1.82, 2.24) is 0 Å². The lowest BCUT2D eigenvalue weighted by atomic mass is 10.3. The van der Waals surface area contributed by atoms with E-state index in [1.165, 1.54) is 6.21 Å². The molecule has 12 heavy (non-hydrogen) atoms. The van der Waals surface area contributed by atoms with Crippen LogP contribution < -0.4 is 0 Å². The number of hydrogen-bond acceptors (Lipinski definition) is 1. The molecule has 1 heteroatoms. The molecule has 0 unspecified atom stereocenters. The van der Waals surface area contributed by atoms with E-state index in [4.69, 9.17) is 5.41 Å². The molecule has 1 N–H and O–H groups in total. The highest BCUT2D eigenvalue weighted by atomic mass is 14.3. The molecule has 0 rings (SSSR count). The Balaban J connectivity index is -0.000000175. The van der Waals surface area contributed by atoms with Gasteiger partial charge in [0.1, 0.15) is 0 Å². The van der Waals surface area contributed by atoms with Gasteiger partial charge in [-0.1, -0.05) is 59.1 Å². The summed E-state index contributed by atoms with van der Waals surface area (Å²) < 4.78 is 0. The predicted octanol–water partition coefficient (Wildman–Crippen LogP) is 3.99. The van der Waals surface area contributed by atoms with Crippen molar-refractivity contribution in [2.24, 2.45) is 0 Å². The van der Waals surface area contributed by atoms with Gasteiger partial charge in [0.05, 0.1) is 0 Å². The van der Waals surface area contributed by atoms with Crippen LogP contribution >= 0.6 is 0 Å². The quantitative estimate of drug-likeness (QED) is 0.485. The van der Waals surface area contributed by atoms with Crippen molar-refractivity contribution in [1.29, 1.82) is 5.41 Å². The summed E-state index contributed by atoms with van der Waals surface area (Å²) in [5, 5.41) is 6.75. The van der Waals surface area contributed by atoms with Crippen LogP contribution in [-0.4, -0.2) is 6.21 Å². The fourth-order valence-electron chi connectivity index (χ4n) is 0.311. The van der Waals surface area contributed by atoms with Crippen molar-refractivity contribution in [3.8, 4) is 0 Å². The van der Waals surface area contributed by atoms with Crippen molar-refractivity contribution in [3.05, 3.63) is 37.0 Å². The second-order valence-electron chi connectivity index (χ2n) is 1.25. The highest BCUT2D eigenvalue weighted by molar-refractivity contribution is 5.79. The smallest absolute Gasteiger partial charge is 0.0250 e. The van der Waals surface area contributed by atoms with E-state index in [1.54, 1.807) is 18.2 Å². The minimum Gasteiger partial charge on any atom is -0.308 e. The van der Waals surface area contributed by atoms with Crippen LogP contribution in [0.4, 0.5) is 0 Å². The molecule has 1 nitrogen and oxygen atoms in total. The lowest BCUT2D eigenvalue weighted by Gasteiger charge is -1.82. The van der Waals surface area contributed by atoms with E-state index >= 15 is 0 Å². The highest BCUT2D eigenvalue weighted by Gasteiger charge is 1.75. The minimum absolute atomic E-state index is 0.778. The Morgan fingerprint density at radius 2 is 1.50 bits per heavy atom. The van der Waals surface area contributed by atoms with Gasteiger partial charge in [0.25, 0.3) is 0 Å². The first-order valence-electron chi connectivity index (χ1n) is 4.30. The first-order chi connectivity index (χ1) is 5.85. The Labute approximate surface area is 77.0 Å². The number of hydrogen-bond donors (Lipinski definition) is 1. The molecule has 0 aromatic rings. The van der Waals surface area contributed by atoms with Crippen LogP contribution in [0.15, 0.2) is 37.0 Å². The van der Waals surface area contributed by atoms with Crippen molar-refractivity contribution >= 4 is 6.21 Å². The third-order valence-corrected chi connectivity index (χ3v) is 0.713. The summed E-state index contributed by atoms with van der Waals surface area (Å²) in [4.78, 5) is 0. The van der Waals surface area contributed by atoms with E-state index in [9.17, 15) is 0 Å². The summed E-state index contributed by atoms with van der Waals surface area (Å²) in [6, 6.07) is 0. The first-order valence-corrected chi connectivity index (χ1v) is 4.30. The average Bonchev–Trinajstić information content (AvgIpc) is 2.20. The summed E-state index contributed by atoms with van der Waals surface area (Å²) in [5.74, 6) is 0. The van der Waals surface area contributed by atoms with Crippen molar-refractivity contribution < 1.29 is 0 Å². The molecule has 70 valence electrons.